The summed E-state index contributed by atoms with van der Waals surface area (Å²) in [6.07, 6.45) is 1.70. The summed E-state index contributed by atoms with van der Waals surface area (Å²) in [5, 5.41) is 3.19. The van der Waals surface area contributed by atoms with Gasteiger partial charge in [-0.15, -0.1) is 6.58 Å². The van der Waals surface area contributed by atoms with E-state index in [0.29, 0.717) is 31.2 Å². The normalized spacial score (nSPS) is 10.4. The lowest BCUT2D eigenvalue weighted by molar-refractivity contribution is 0.0712. The predicted octanol–water partition coefficient (Wildman–Crippen LogP) is 2.18. The van der Waals surface area contributed by atoms with Gasteiger partial charge in [0.05, 0.1) is 6.61 Å². The maximum absolute atomic E-state index is 12.4. The molecule has 0 bridgehead atoms. The van der Waals surface area contributed by atoms with Crippen LogP contribution in [0.2, 0.25) is 0 Å². The van der Waals surface area contributed by atoms with Crippen molar-refractivity contribution in [3.05, 3.63) is 36.5 Å². The summed E-state index contributed by atoms with van der Waals surface area (Å²) >= 11 is 0. The Balaban J connectivity index is 2.84. The molecular weight excluding hydrogens is 254 g/mol. The number of carbonyl (C=O) groups excluding carboxylic acids is 1. The summed E-state index contributed by atoms with van der Waals surface area (Å²) in [6.45, 7) is 9.21. The third-order valence-electron chi connectivity index (χ3n) is 2.61. The van der Waals surface area contributed by atoms with E-state index < -0.39 is 0 Å². The Morgan fingerprint density at radius 3 is 2.90 bits per heavy atom. The molecule has 0 saturated heterocycles. The number of amides is 1. The number of pyridine rings is 1. The average Bonchev–Trinajstić information content (AvgIpc) is 2.42. The highest BCUT2D eigenvalue weighted by Crippen LogP contribution is 2.09. The molecule has 0 aromatic carbocycles. The Labute approximate surface area is 120 Å². The van der Waals surface area contributed by atoms with Gasteiger partial charge in [-0.2, -0.15) is 0 Å². The average molecular weight is 277 g/mol. The van der Waals surface area contributed by atoms with Gasteiger partial charge in [-0.3, -0.25) is 4.79 Å². The molecule has 1 aromatic rings. The molecule has 0 saturated carbocycles. The minimum atomic E-state index is -0.116. The second kappa shape index (κ2) is 8.32. The summed E-state index contributed by atoms with van der Waals surface area (Å²) in [5.41, 5.74) is 0.425. The molecule has 1 rings (SSSR count). The summed E-state index contributed by atoms with van der Waals surface area (Å²) in [7, 11) is 1.61. The van der Waals surface area contributed by atoms with Crippen LogP contribution in [-0.2, 0) is 4.74 Å². The fourth-order valence-corrected chi connectivity index (χ4v) is 1.73. The summed E-state index contributed by atoms with van der Waals surface area (Å²) in [5.74, 6) is 0.588. The molecule has 0 atom stereocenters. The molecule has 5 nitrogen and oxygen atoms in total. The van der Waals surface area contributed by atoms with Crippen LogP contribution >= 0.6 is 0 Å². The molecule has 0 fully saturated rings. The van der Waals surface area contributed by atoms with E-state index >= 15 is 0 Å². The Bertz CT molecular complexity index is 446. The molecule has 1 amide bonds. The fraction of sp³-hybridized carbons (Fsp3) is 0.467. The van der Waals surface area contributed by atoms with Crippen molar-refractivity contribution in [1.29, 1.82) is 0 Å². The van der Waals surface area contributed by atoms with E-state index in [-0.39, 0.29) is 11.9 Å². The molecule has 0 aliphatic carbocycles. The zero-order valence-electron chi connectivity index (χ0n) is 12.4. The van der Waals surface area contributed by atoms with Gasteiger partial charge in [0, 0.05) is 26.2 Å². The van der Waals surface area contributed by atoms with Gasteiger partial charge in [0.2, 0.25) is 0 Å². The van der Waals surface area contributed by atoms with Gasteiger partial charge in [-0.25, -0.2) is 4.98 Å². The predicted molar refractivity (Wildman–Crippen MR) is 81.0 cm³/mol. The van der Waals surface area contributed by atoms with Crippen molar-refractivity contribution in [1.82, 2.24) is 9.88 Å². The van der Waals surface area contributed by atoms with E-state index in [1.807, 2.05) is 26.0 Å². The quantitative estimate of drug-likeness (QED) is 0.740. The number of hydrogen-bond acceptors (Lipinski definition) is 4. The first-order valence-corrected chi connectivity index (χ1v) is 6.71. The Morgan fingerprint density at radius 1 is 1.55 bits per heavy atom. The van der Waals surface area contributed by atoms with Crippen molar-refractivity contribution >= 4 is 11.7 Å². The maximum atomic E-state index is 12.4. The van der Waals surface area contributed by atoms with Crippen LogP contribution in [0, 0.1) is 0 Å². The van der Waals surface area contributed by atoms with Crippen molar-refractivity contribution in [3.8, 4) is 0 Å². The van der Waals surface area contributed by atoms with Crippen LogP contribution in [0.15, 0.2) is 30.9 Å². The zero-order valence-corrected chi connectivity index (χ0v) is 12.4. The largest absolute Gasteiger partial charge is 0.383 e. The van der Waals surface area contributed by atoms with Gasteiger partial charge in [-0.1, -0.05) is 12.1 Å². The number of hydrogen-bond donors (Lipinski definition) is 1. The van der Waals surface area contributed by atoms with Crippen LogP contribution in [0.3, 0.4) is 0 Å². The van der Waals surface area contributed by atoms with E-state index in [1.165, 1.54) is 0 Å². The second-order valence-corrected chi connectivity index (χ2v) is 4.74. The van der Waals surface area contributed by atoms with Crippen LogP contribution in [0.1, 0.15) is 24.3 Å². The molecular formula is C15H23N3O2. The first-order valence-electron chi connectivity index (χ1n) is 6.71. The van der Waals surface area contributed by atoms with E-state index in [1.54, 1.807) is 24.2 Å². The lowest BCUT2D eigenvalue weighted by atomic mass is 10.3. The molecule has 0 unspecified atom stereocenters. The number of methoxy groups -OCH3 is 1. The molecule has 1 heterocycles. The molecule has 1 N–H and O–H groups in total. The highest BCUT2D eigenvalue weighted by molar-refractivity contribution is 5.92. The van der Waals surface area contributed by atoms with Crippen molar-refractivity contribution in [2.24, 2.45) is 0 Å². The molecule has 110 valence electrons. The molecule has 0 aliphatic rings. The molecule has 1 aromatic heterocycles. The highest BCUT2D eigenvalue weighted by atomic mass is 16.5. The third kappa shape index (κ3) is 5.01. The van der Waals surface area contributed by atoms with Crippen molar-refractivity contribution < 1.29 is 9.53 Å². The van der Waals surface area contributed by atoms with Gasteiger partial charge < -0.3 is 15.0 Å². The summed E-state index contributed by atoms with van der Waals surface area (Å²) in [6, 6.07) is 5.67. The van der Waals surface area contributed by atoms with Crippen LogP contribution in [0.5, 0.6) is 0 Å². The number of nitrogens with one attached hydrogen (secondary N) is 1. The van der Waals surface area contributed by atoms with E-state index in [4.69, 9.17) is 4.74 Å². The first kappa shape index (κ1) is 16.2. The molecule has 5 heteroatoms. The molecule has 0 spiro atoms. The monoisotopic (exact) mass is 277 g/mol. The summed E-state index contributed by atoms with van der Waals surface area (Å²) < 4.78 is 5.02. The van der Waals surface area contributed by atoms with E-state index in [9.17, 15) is 4.79 Å². The SMILES string of the molecule is C=CCN(CCOC)C(=O)c1cccc(NC(C)C)n1. The topological polar surface area (TPSA) is 54.5 Å². The lowest BCUT2D eigenvalue weighted by Crippen LogP contribution is -2.34. The Morgan fingerprint density at radius 2 is 2.30 bits per heavy atom. The number of aromatic nitrogens is 1. The smallest absolute Gasteiger partial charge is 0.272 e. The van der Waals surface area contributed by atoms with E-state index in [2.05, 4.69) is 16.9 Å². The van der Waals surface area contributed by atoms with Gasteiger partial charge in [-0.05, 0) is 26.0 Å². The number of rotatable bonds is 8. The zero-order chi connectivity index (χ0) is 15.0. The van der Waals surface area contributed by atoms with Gasteiger partial charge in [0.1, 0.15) is 11.5 Å². The molecule has 0 aliphatic heterocycles. The maximum Gasteiger partial charge on any atom is 0.272 e. The third-order valence-corrected chi connectivity index (χ3v) is 2.61. The Hall–Kier alpha value is -1.88. The van der Waals surface area contributed by atoms with Crippen LogP contribution < -0.4 is 5.32 Å². The first-order chi connectivity index (χ1) is 9.58. The van der Waals surface area contributed by atoms with Gasteiger partial charge in [0.25, 0.3) is 5.91 Å². The number of carbonyl (C=O) groups is 1. The van der Waals surface area contributed by atoms with E-state index in [0.717, 1.165) is 0 Å². The minimum Gasteiger partial charge on any atom is -0.383 e. The Kier molecular flexibility index (Phi) is 6.73. The van der Waals surface area contributed by atoms with Crippen molar-refractivity contribution in [2.75, 3.05) is 32.1 Å². The second-order valence-electron chi connectivity index (χ2n) is 4.74. The fourth-order valence-electron chi connectivity index (χ4n) is 1.73. The summed E-state index contributed by atoms with van der Waals surface area (Å²) in [4.78, 5) is 18.4. The van der Waals surface area contributed by atoms with Crippen LogP contribution in [0.4, 0.5) is 5.82 Å². The minimum absolute atomic E-state index is 0.116. The molecule has 20 heavy (non-hydrogen) atoms. The molecule has 0 radical (unpaired) electrons. The van der Waals surface area contributed by atoms with Gasteiger partial charge >= 0.3 is 0 Å². The van der Waals surface area contributed by atoms with Crippen molar-refractivity contribution in [2.45, 2.75) is 19.9 Å². The van der Waals surface area contributed by atoms with Gasteiger partial charge in [0.15, 0.2) is 0 Å². The standard InChI is InChI=1S/C15H23N3O2/c1-5-9-18(10-11-20-4)15(19)13-7-6-8-14(17-13)16-12(2)3/h5-8,12H,1,9-11H2,2-4H3,(H,16,17). The number of ether oxygens (including phenoxy) is 1. The highest BCUT2D eigenvalue weighted by Gasteiger charge is 2.16. The number of anilines is 1. The number of nitrogens with zero attached hydrogens (tertiary/aromatic N) is 2. The lowest BCUT2D eigenvalue weighted by Gasteiger charge is -2.20. The van der Waals surface area contributed by atoms with Crippen molar-refractivity contribution in [3.63, 3.8) is 0 Å². The van der Waals surface area contributed by atoms with Crippen LogP contribution in [-0.4, -0.2) is 48.6 Å². The van der Waals surface area contributed by atoms with Crippen LogP contribution in [0.25, 0.3) is 0 Å².